The fourth-order valence-electron chi connectivity index (χ4n) is 5.13. The van der Waals surface area contributed by atoms with Gasteiger partial charge in [-0.3, -0.25) is 4.79 Å². The first-order valence-corrected chi connectivity index (χ1v) is 14.4. The molecule has 1 aliphatic carbocycles. The number of carbonyl (C=O) groups is 1. The Morgan fingerprint density at radius 2 is 1.89 bits per heavy atom. The number of anilines is 1. The molecular formula is C27H38N4O3S. The number of carbonyl (C=O) groups excluding carboxylic acids is 1. The lowest BCUT2D eigenvalue weighted by Crippen LogP contribution is -2.50. The van der Waals surface area contributed by atoms with E-state index in [2.05, 4.69) is 28.9 Å². The summed E-state index contributed by atoms with van der Waals surface area (Å²) < 4.78 is 30.0. The van der Waals surface area contributed by atoms with Gasteiger partial charge in [0.25, 0.3) is 0 Å². The standard InChI is InChI=1S/C27H38N4O3S/c1-20-13-17-31(18-14-20)27(32)24(8-6-16-29-26-10-3-4-15-28-26)30-35(33,34)25-9-5-7-22-19-21(2)11-12-23(22)25/h3-5,7,9-10,15,20-21,24,30H,6,8,11-14,16-19H2,1-2H3,(H,28,29). The zero-order chi connectivity index (χ0) is 24.8. The zero-order valence-corrected chi connectivity index (χ0v) is 21.7. The van der Waals surface area contributed by atoms with E-state index < -0.39 is 16.1 Å². The second-order valence-corrected chi connectivity index (χ2v) is 11.9. The van der Waals surface area contributed by atoms with E-state index in [9.17, 15) is 13.2 Å². The SMILES string of the molecule is CC1CCN(C(=O)C(CCCNc2ccccn2)NS(=O)(=O)c2cccc3c2CCC(C)C3)CC1. The van der Waals surface area contributed by atoms with Gasteiger partial charge in [0.15, 0.2) is 0 Å². The number of nitrogens with one attached hydrogen (secondary N) is 2. The number of hydrogen-bond donors (Lipinski definition) is 2. The van der Waals surface area contributed by atoms with Crippen LogP contribution in [0.4, 0.5) is 5.82 Å². The Kier molecular flexibility index (Phi) is 8.44. The summed E-state index contributed by atoms with van der Waals surface area (Å²) in [6.07, 6.45) is 7.33. The Morgan fingerprint density at radius 3 is 2.63 bits per heavy atom. The molecule has 0 spiro atoms. The lowest BCUT2D eigenvalue weighted by molar-refractivity contribution is -0.134. The molecule has 2 unspecified atom stereocenters. The highest BCUT2D eigenvalue weighted by Gasteiger charge is 2.32. The quantitative estimate of drug-likeness (QED) is 0.510. The van der Waals surface area contributed by atoms with Crippen LogP contribution in [-0.2, 0) is 27.7 Å². The van der Waals surface area contributed by atoms with Gasteiger partial charge in [-0.1, -0.05) is 32.0 Å². The van der Waals surface area contributed by atoms with Crippen LogP contribution in [0.25, 0.3) is 0 Å². The van der Waals surface area contributed by atoms with Gasteiger partial charge in [-0.15, -0.1) is 0 Å². The summed E-state index contributed by atoms with van der Waals surface area (Å²) in [5.41, 5.74) is 2.02. The molecule has 0 radical (unpaired) electrons. The first kappa shape index (κ1) is 25.6. The van der Waals surface area contributed by atoms with Crippen LogP contribution >= 0.6 is 0 Å². The molecule has 0 bridgehead atoms. The van der Waals surface area contributed by atoms with E-state index in [1.807, 2.05) is 35.2 Å². The van der Waals surface area contributed by atoms with Crippen molar-refractivity contribution in [2.24, 2.45) is 11.8 Å². The first-order chi connectivity index (χ1) is 16.8. The number of aromatic nitrogens is 1. The van der Waals surface area contributed by atoms with Crippen molar-refractivity contribution in [3.05, 3.63) is 53.7 Å². The van der Waals surface area contributed by atoms with E-state index in [1.54, 1.807) is 12.3 Å². The average Bonchev–Trinajstić information content (AvgIpc) is 2.86. The lowest BCUT2D eigenvalue weighted by Gasteiger charge is -2.33. The number of pyridine rings is 1. The summed E-state index contributed by atoms with van der Waals surface area (Å²) >= 11 is 0. The van der Waals surface area contributed by atoms with Crippen LogP contribution in [-0.4, -0.2) is 49.9 Å². The van der Waals surface area contributed by atoms with Crippen LogP contribution in [0.3, 0.4) is 0 Å². The Hall–Kier alpha value is -2.45. The zero-order valence-electron chi connectivity index (χ0n) is 20.9. The fourth-order valence-corrected chi connectivity index (χ4v) is 6.66. The van der Waals surface area contributed by atoms with Gasteiger partial charge in [-0.25, -0.2) is 13.4 Å². The van der Waals surface area contributed by atoms with Gasteiger partial charge in [-0.2, -0.15) is 4.72 Å². The Labute approximate surface area is 209 Å². The number of nitrogens with zero attached hydrogens (tertiary/aromatic N) is 2. The largest absolute Gasteiger partial charge is 0.370 e. The van der Waals surface area contributed by atoms with E-state index >= 15 is 0 Å². The maximum absolute atomic E-state index is 13.6. The molecule has 1 aliphatic heterocycles. The van der Waals surface area contributed by atoms with E-state index in [0.717, 1.165) is 49.0 Å². The molecule has 7 nitrogen and oxygen atoms in total. The van der Waals surface area contributed by atoms with Gasteiger partial charge in [0.1, 0.15) is 11.9 Å². The van der Waals surface area contributed by atoms with Crippen molar-refractivity contribution in [3.8, 4) is 0 Å². The van der Waals surface area contributed by atoms with E-state index in [-0.39, 0.29) is 5.91 Å². The third-order valence-corrected chi connectivity index (χ3v) is 8.86. The average molecular weight is 499 g/mol. The second kappa shape index (κ2) is 11.5. The van der Waals surface area contributed by atoms with Gasteiger partial charge in [-0.05, 0) is 86.1 Å². The third-order valence-electron chi connectivity index (χ3n) is 7.31. The third kappa shape index (κ3) is 6.61. The van der Waals surface area contributed by atoms with Crippen molar-refractivity contribution >= 4 is 21.7 Å². The lowest BCUT2D eigenvalue weighted by atomic mass is 9.85. The van der Waals surface area contributed by atoms with E-state index in [0.29, 0.717) is 49.2 Å². The molecule has 1 amide bonds. The molecule has 2 aliphatic rings. The molecule has 0 saturated carbocycles. The number of sulfonamides is 1. The summed E-state index contributed by atoms with van der Waals surface area (Å²) in [5, 5.41) is 3.25. The summed E-state index contributed by atoms with van der Waals surface area (Å²) in [4.78, 5) is 19.9. The minimum atomic E-state index is -3.83. The van der Waals surface area contributed by atoms with Gasteiger partial charge in [0.2, 0.25) is 15.9 Å². The van der Waals surface area contributed by atoms with Gasteiger partial charge < -0.3 is 10.2 Å². The predicted octanol–water partition coefficient (Wildman–Crippen LogP) is 4.00. The summed E-state index contributed by atoms with van der Waals surface area (Å²) in [6.45, 7) is 6.38. The van der Waals surface area contributed by atoms with Crippen molar-refractivity contribution in [1.82, 2.24) is 14.6 Å². The molecule has 2 aromatic rings. The van der Waals surface area contributed by atoms with Crippen LogP contribution in [0.15, 0.2) is 47.5 Å². The molecule has 2 N–H and O–H groups in total. The minimum absolute atomic E-state index is 0.114. The van der Waals surface area contributed by atoms with E-state index in [1.165, 1.54) is 0 Å². The molecule has 2 heterocycles. The summed E-state index contributed by atoms with van der Waals surface area (Å²) in [6, 6.07) is 10.4. The summed E-state index contributed by atoms with van der Waals surface area (Å²) in [7, 11) is -3.83. The van der Waals surface area contributed by atoms with Crippen molar-refractivity contribution in [2.45, 2.75) is 69.7 Å². The monoisotopic (exact) mass is 498 g/mol. The highest BCUT2D eigenvalue weighted by atomic mass is 32.2. The number of amides is 1. The molecule has 1 aromatic heterocycles. The van der Waals surface area contributed by atoms with Gasteiger partial charge >= 0.3 is 0 Å². The smallest absolute Gasteiger partial charge is 0.241 e. The van der Waals surface area contributed by atoms with Crippen molar-refractivity contribution < 1.29 is 13.2 Å². The molecular weight excluding hydrogens is 460 g/mol. The van der Waals surface area contributed by atoms with Crippen LogP contribution in [0.2, 0.25) is 0 Å². The van der Waals surface area contributed by atoms with Gasteiger partial charge in [0, 0.05) is 25.8 Å². The molecule has 1 aromatic carbocycles. The number of piperidine rings is 1. The molecule has 4 rings (SSSR count). The van der Waals surface area contributed by atoms with Crippen LogP contribution < -0.4 is 10.0 Å². The normalized spacial score (nSPS) is 19.7. The van der Waals surface area contributed by atoms with E-state index in [4.69, 9.17) is 0 Å². The maximum Gasteiger partial charge on any atom is 0.241 e. The number of benzene rings is 1. The number of hydrogen-bond acceptors (Lipinski definition) is 5. The number of rotatable bonds is 9. The van der Waals surface area contributed by atoms with Crippen molar-refractivity contribution in [2.75, 3.05) is 25.0 Å². The summed E-state index contributed by atoms with van der Waals surface area (Å²) in [5.74, 6) is 1.80. The van der Waals surface area contributed by atoms with Crippen LogP contribution in [0.5, 0.6) is 0 Å². The molecule has 1 fully saturated rings. The minimum Gasteiger partial charge on any atom is -0.370 e. The molecule has 8 heteroatoms. The molecule has 35 heavy (non-hydrogen) atoms. The van der Waals surface area contributed by atoms with Crippen LogP contribution in [0, 0.1) is 11.8 Å². The highest BCUT2D eigenvalue weighted by Crippen LogP contribution is 2.30. The molecule has 190 valence electrons. The number of likely N-dealkylation sites (tertiary alicyclic amines) is 1. The Morgan fingerprint density at radius 1 is 1.09 bits per heavy atom. The second-order valence-electron chi connectivity index (χ2n) is 10.2. The Balaban J connectivity index is 1.49. The van der Waals surface area contributed by atoms with Gasteiger partial charge in [0.05, 0.1) is 4.90 Å². The Bertz CT molecular complexity index is 1100. The topological polar surface area (TPSA) is 91.4 Å². The first-order valence-electron chi connectivity index (χ1n) is 12.9. The highest BCUT2D eigenvalue weighted by molar-refractivity contribution is 7.89. The molecule has 2 atom stereocenters. The van der Waals surface area contributed by atoms with Crippen molar-refractivity contribution in [1.29, 1.82) is 0 Å². The molecule has 1 saturated heterocycles. The van der Waals surface area contributed by atoms with Crippen LogP contribution in [0.1, 0.15) is 57.1 Å². The maximum atomic E-state index is 13.6. The number of fused-ring (bicyclic) bond motifs is 1. The fraction of sp³-hybridized carbons (Fsp3) is 0.556. The predicted molar refractivity (Wildman–Crippen MR) is 139 cm³/mol. The van der Waals surface area contributed by atoms with Crippen molar-refractivity contribution in [3.63, 3.8) is 0 Å².